The van der Waals surface area contributed by atoms with E-state index in [1.807, 2.05) is 50.3 Å². The summed E-state index contributed by atoms with van der Waals surface area (Å²) in [5, 5.41) is 4.23. The van der Waals surface area contributed by atoms with Crippen LogP contribution in [0.25, 0.3) is 88.5 Å². The first-order valence-corrected chi connectivity index (χ1v) is 16.6. The second kappa shape index (κ2) is 9.17. The molecule has 2 aliphatic rings. The van der Waals surface area contributed by atoms with Crippen molar-refractivity contribution in [2.75, 3.05) is 0 Å². The molecular weight excluding hydrogens is 603 g/mol. The quantitative estimate of drug-likeness (QED) is 0.145. The van der Waals surface area contributed by atoms with E-state index in [4.69, 9.17) is 18.8 Å². The first-order chi connectivity index (χ1) is 24.1. The van der Waals surface area contributed by atoms with E-state index < -0.39 is 0 Å². The van der Waals surface area contributed by atoms with E-state index in [0.717, 1.165) is 117 Å². The van der Waals surface area contributed by atoms with E-state index in [2.05, 4.69) is 89.0 Å². The number of aromatic nitrogens is 4. The number of hydrogen-bond donors (Lipinski definition) is 0. The number of furan rings is 2. The third-order valence-electron chi connectivity index (χ3n) is 10.6. The van der Waals surface area contributed by atoms with Gasteiger partial charge in [0.25, 0.3) is 6.71 Å². The van der Waals surface area contributed by atoms with Crippen LogP contribution in [0.15, 0.2) is 125 Å². The lowest BCUT2D eigenvalue weighted by molar-refractivity contribution is 0.671. The minimum Gasteiger partial charge on any atom is -0.457 e. The molecule has 0 radical (unpaired) electrons. The number of allylic oxidation sites excluding steroid dienone is 6. The summed E-state index contributed by atoms with van der Waals surface area (Å²) in [7, 11) is 0. The monoisotopic (exact) mass is 630 g/mol. The molecule has 6 heterocycles. The smallest absolute Gasteiger partial charge is 0.262 e. The molecule has 230 valence electrons. The summed E-state index contributed by atoms with van der Waals surface area (Å²) in [6.07, 6.45) is 7.92. The van der Waals surface area contributed by atoms with Crippen LogP contribution in [0, 0.1) is 0 Å². The van der Waals surface area contributed by atoms with Gasteiger partial charge >= 0.3 is 0 Å². The van der Waals surface area contributed by atoms with Gasteiger partial charge in [-0.15, -0.1) is 0 Å². The van der Waals surface area contributed by atoms with Crippen molar-refractivity contribution >= 4 is 100 Å². The molecule has 0 aliphatic carbocycles. The van der Waals surface area contributed by atoms with Gasteiger partial charge in [0.2, 0.25) is 0 Å². The van der Waals surface area contributed by atoms with Crippen molar-refractivity contribution < 1.29 is 8.83 Å². The van der Waals surface area contributed by atoms with Gasteiger partial charge in [-0.3, -0.25) is 9.13 Å². The van der Waals surface area contributed by atoms with Gasteiger partial charge in [0, 0.05) is 44.1 Å². The van der Waals surface area contributed by atoms with Crippen molar-refractivity contribution in [1.29, 1.82) is 0 Å². The van der Waals surface area contributed by atoms with Gasteiger partial charge in [0.1, 0.15) is 34.0 Å². The Labute approximate surface area is 280 Å². The van der Waals surface area contributed by atoms with Crippen LogP contribution in [0.4, 0.5) is 0 Å². The largest absolute Gasteiger partial charge is 0.457 e. The van der Waals surface area contributed by atoms with Crippen LogP contribution in [0.2, 0.25) is 0 Å². The Bertz CT molecular complexity index is 2870. The Kier molecular flexibility index (Phi) is 5.00. The number of rotatable bonds is 4. The lowest BCUT2D eigenvalue weighted by atomic mass is 9.34. The van der Waals surface area contributed by atoms with Crippen molar-refractivity contribution in [2.24, 2.45) is 0 Å². The number of nitrogens with zero attached hydrogens (tertiary/aromatic N) is 4. The highest BCUT2D eigenvalue weighted by Gasteiger charge is 2.45. The molecule has 0 spiro atoms. The molecule has 0 saturated carbocycles. The van der Waals surface area contributed by atoms with Crippen LogP contribution < -0.4 is 16.4 Å². The lowest BCUT2D eigenvalue weighted by Crippen LogP contribution is -2.60. The van der Waals surface area contributed by atoms with Crippen LogP contribution in [0.1, 0.15) is 25.5 Å². The molecule has 49 heavy (non-hydrogen) atoms. The summed E-state index contributed by atoms with van der Waals surface area (Å²) < 4.78 is 18.4. The molecule has 0 atom stereocenters. The molecule has 5 aromatic carbocycles. The third kappa shape index (κ3) is 3.09. The zero-order valence-corrected chi connectivity index (χ0v) is 26.9. The molecule has 11 rings (SSSR count). The maximum Gasteiger partial charge on any atom is 0.262 e. The first kappa shape index (κ1) is 26.7. The average molecular weight is 631 g/mol. The molecule has 0 N–H and O–H groups in total. The average Bonchev–Trinajstić information content (AvgIpc) is 3.90. The van der Waals surface area contributed by atoms with Gasteiger partial charge in [0.05, 0.1) is 22.1 Å². The lowest BCUT2D eigenvalue weighted by Gasteiger charge is -2.33. The second-order valence-corrected chi connectivity index (χ2v) is 12.8. The molecule has 2 aliphatic heterocycles. The van der Waals surface area contributed by atoms with Gasteiger partial charge in [0.15, 0.2) is 0 Å². The van der Waals surface area contributed by atoms with Gasteiger partial charge in [-0.1, -0.05) is 79.9 Å². The van der Waals surface area contributed by atoms with E-state index >= 15 is 0 Å². The van der Waals surface area contributed by atoms with Crippen LogP contribution in [-0.2, 0) is 0 Å². The number of imidazole rings is 2. The molecule has 0 saturated heterocycles. The fourth-order valence-electron chi connectivity index (χ4n) is 8.63. The highest BCUT2D eigenvalue weighted by molar-refractivity contribution is 7.02. The molecule has 4 aromatic heterocycles. The van der Waals surface area contributed by atoms with E-state index in [9.17, 15) is 0 Å². The Morgan fingerprint density at radius 2 is 1.08 bits per heavy atom. The van der Waals surface area contributed by atoms with Crippen molar-refractivity contribution in [3.05, 3.63) is 128 Å². The van der Waals surface area contributed by atoms with Gasteiger partial charge in [-0.25, -0.2) is 9.97 Å². The maximum absolute atomic E-state index is 6.89. The molecular formula is C42H27BN4O2. The summed E-state index contributed by atoms with van der Waals surface area (Å²) in [5.41, 5.74) is 14.7. The van der Waals surface area contributed by atoms with E-state index in [1.165, 1.54) is 0 Å². The fraction of sp³-hybridized carbons (Fsp3) is 0.0476. The molecule has 6 nitrogen and oxygen atoms in total. The Morgan fingerprint density at radius 1 is 0.612 bits per heavy atom. The summed E-state index contributed by atoms with van der Waals surface area (Å²) in [4.78, 5) is 10.7. The SMILES string of the molecule is C=C/C(=C\C)c1nc2cc3c(oc4ccccc43)c3c2n1-c1cccc2c1B3c1c3oc4ccccc4c3cc3nc(/C(C=C)=C/C)n-2c13. The van der Waals surface area contributed by atoms with Crippen LogP contribution in [0.5, 0.6) is 0 Å². The molecule has 7 heteroatoms. The number of hydrogen-bond acceptors (Lipinski definition) is 4. The van der Waals surface area contributed by atoms with E-state index in [1.54, 1.807) is 0 Å². The fourth-order valence-corrected chi connectivity index (χ4v) is 8.63. The van der Waals surface area contributed by atoms with Crippen LogP contribution >= 0.6 is 0 Å². The Balaban J connectivity index is 1.43. The normalized spacial score (nSPS) is 13.9. The topological polar surface area (TPSA) is 61.9 Å². The molecule has 0 bridgehead atoms. The minimum atomic E-state index is -0.227. The summed E-state index contributed by atoms with van der Waals surface area (Å²) in [6, 6.07) is 27.5. The van der Waals surface area contributed by atoms with Crippen molar-refractivity contribution in [1.82, 2.24) is 19.1 Å². The predicted octanol–water partition coefficient (Wildman–Crippen LogP) is 8.48. The summed E-state index contributed by atoms with van der Waals surface area (Å²) in [5.74, 6) is 1.70. The Hall–Kier alpha value is -6.34. The molecule has 0 unspecified atom stereocenters. The van der Waals surface area contributed by atoms with E-state index in [-0.39, 0.29) is 6.71 Å². The zero-order valence-electron chi connectivity index (χ0n) is 26.9. The summed E-state index contributed by atoms with van der Waals surface area (Å²) >= 11 is 0. The minimum absolute atomic E-state index is 0.227. The van der Waals surface area contributed by atoms with Gasteiger partial charge in [-0.2, -0.15) is 0 Å². The molecule has 0 amide bonds. The van der Waals surface area contributed by atoms with Crippen LogP contribution in [-0.4, -0.2) is 25.8 Å². The van der Waals surface area contributed by atoms with Crippen molar-refractivity contribution in [2.45, 2.75) is 13.8 Å². The predicted molar refractivity (Wildman–Crippen MR) is 203 cm³/mol. The number of benzene rings is 5. The Morgan fingerprint density at radius 3 is 1.53 bits per heavy atom. The summed E-state index contributed by atoms with van der Waals surface area (Å²) in [6.45, 7) is 12.2. The third-order valence-corrected chi connectivity index (χ3v) is 10.6. The van der Waals surface area contributed by atoms with Crippen molar-refractivity contribution in [3.63, 3.8) is 0 Å². The number of para-hydroxylation sites is 2. The van der Waals surface area contributed by atoms with E-state index in [0.29, 0.717) is 0 Å². The molecule has 0 fully saturated rings. The highest BCUT2D eigenvalue weighted by Crippen LogP contribution is 2.41. The maximum atomic E-state index is 6.89. The molecule has 9 aromatic rings. The van der Waals surface area contributed by atoms with Gasteiger partial charge < -0.3 is 8.83 Å². The van der Waals surface area contributed by atoms with Crippen LogP contribution in [0.3, 0.4) is 0 Å². The van der Waals surface area contributed by atoms with Crippen molar-refractivity contribution in [3.8, 4) is 11.4 Å². The standard InChI is InChI=1S/C42H27BN4O2/c1-5-22(6-2)41-44-28-20-26-24-14-9-11-18-32(24)48-39(26)35-37(28)46(41)30-16-13-17-31-34(30)43(35)36-38-29(45-42(47(31)38)23(7-3)8-4)21-27-25-15-10-12-19-33(25)49-40(27)36/h5-21H,1,3H2,2,4H3/b22-6+,23-8+. The highest BCUT2D eigenvalue weighted by atomic mass is 16.3. The van der Waals surface area contributed by atoms with Gasteiger partial charge in [-0.05, 0) is 66.6 Å². The zero-order chi connectivity index (χ0) is 32.7. The second-order valence-electron chi connectivity index (χ2n) is 12.8. The first-order valence-electron chi connectivity index (χ1n) is 16.6. The number of fused-ring (bicyclic) bond motifs is 12.